The van der Waals surface area contributed by atoms with Crippen molar-refractivity contribution >= 4 is 5.91 Å². The number of aliphatic hydroxyl groups excluding tert-OH is 1. The minimum absolute atomic E-state index is 0.140. The molecule has 0 saturated heterocycles. The molecule has 0 atom stereocenters. The zero-order valence-electron chi connectivity index (χ0n) is 12.0. The molecule has 2 N–H and O–H groups in total. The first-order valence-electron chi connectivity index (χ1n) is 7.22. The molecule has 0 fully saturated rings. The summed E-state index contributed by atoms with van der Waals surface area (Å²) in [5, 5.41) is 15.4. The predicted octanol–water partition coefficient (Wildman–Crippen LogP) is 0.859. The van der Waals surface area contributed by atoms with E-state index in [4.69, 9.17) is 14.4 Å². The third kappa shape index (κ3) is 3.25. The van der Waals surface area contributed by atoms with Crippen LogP contribution in [0.15, 0.2) is 22.7 Å². The van der Waals surface area contributed by atoms with Gasteiger partial charge in [0.2, 0.25) is 0 Å². The van der Waals surface area contributed by atoms with Gasteiger partial charge >= 0.3 is 0 Å². The van der Waals surface area contributed by atoms with Gasteiger partial charge in [-0.05, 0) is 36.6 Å². The quantitative estimate of drug-likeness (QED) is 0.850. The third-order valence-electron chi connectivity index (χ3n) is 3.45. The smallest absolute Gasteiger partial charge is 0.252 e. The Morgan fingerprint density at radius 1 is 1.41 bits per heavy atom. The monoisotopic (exact) mass is 303 g/mol. The number of carbonyl (C=O) groups is 1. The fourth-order valence-corrected chi connectivity index (χ4v) is 2.35. The van der Waals surface area contributed by atoms with Crippen LogP contribution in [0.4, 0.5) is 0 Å². The summed E-state index contributed by atoms with van der Waals surface area (Å²) in [6.45, 7) is 0.854. The van der Waals surface area contributed by atoms with Gasteiger partial charge in [-0.2, -0.15) is 4.98 Å². The maximum atomic E-state index is 12.1. The maximum Gasteiger partial charge on any atom is 0.252 e. The lowest BCUT2D eigenvalue weighted by Gasteiger charge is -2.17. The molecule has 1 aliphatic rings. The second-order valence-corrected chi connectivity index (χ2v) is 5.04. The molecule has 2 aromatic rings. The van der Waals surface area contributed by atoms with E-state index >= 15 is 0 Å². The molecule has 0 saturated carbocycles. The Bertz CT molecular complexity index is 669. The summed E-state index contributed by atoms with van der Waals surface area (Å²) in [7, 11) is 0. The second-order valence-electron chi connectivity index (χ2n) is 5.04. The van der Waals surface area contributed by atoms with Crippen molar-refractivity contribution in [1.82, 2.24) is 15.5 Å². The van der Waals surface area contributed by atoms with Crippen molar-refractivity contribution in [2.24, 2.45) is 0 Å². The predicted molar refractivity (Wildman–Crippen MR) is 76.5 cm³/mol. The molecule has 0 spiro atoms. The number of nitrogens with one attached hydrogen (secondary N) is 1. The fourth-order valence-electron chi connectivity index (χ4n) is 2.35. The van der Waals surface area contributed by atoms with E-state index in [1.807, 2.05) is 12.1 Å². The second kappa shape index (κ2) is 6.57. The number of aliphatic hydroxyl groups is 1. The average molecular weight is 303 g/mol. The van der Waals surface area contributed by atoms with E-state index in [1.54, 1.807) is 6.07 Å². The van der Waals surface area contributed by atoms with Crippen molar-refractivity contribution in [3.05, 3.63) is 41.0 Å². The number of fused-ring (bicyclic) bond motifs is 1. The van der Waals surface area contributed by atoms with Crippen LogP contribution in [0.3, 0.4) is 0 Å². The number of nitrogens with zero attached hydrogens (tertiary/aromatic N) is 2. The number of carbonyl (C=O) groups excluding carboxylic acids is 1. The highest BCUT2D eigenvalue weighted by Gasteiger charge is 2.14. The minimum atomic E-state index is -0.281. The molecule has 0 bridgehead atoms. The number of ether oxygens (including phenoxy) is 1. The van der Waals surface area contributed by atoms with Gasteiger partial charge in [0.15, 0.2) is 5.82 Å². The average Bonchev–Trinajstić information content (AvgIpc) is 3.02. The summed E-state index contributed by atoms with van der Waals surface area (Å²) >= 11 is 0. The molecular formula is C15H17N3O4. The lowest BCUT2D eigenvalue weighted by atomic mass is 10.0. The van der Waals surface area contributed by atoms with Gasteiger partial charge in [0.05, 0.1) is 6.61 Å². The Kier molecular flexibility index (Phi) is 4.34. The highest BCUT2D eigenvalue weighted by atomic mass is 16.5. The van der Waals surface area contributed by atoms with E-state index < -0.39 is 0 Å². The molecule has 7 heteroatoms. The van der Waals surface area contributed by atoms with Crippen molar-refractivity contribution < 1.29 is 19.2 Å². The number of hydrogen-bond acceptors (Lipinski definition) is 6. The zero-order chi connectivity index (χ0) is 15.4. The molecule has 3 rings (SSSR count). The first kappa shape index (κ1) is 14.5. The van der Waals surface area contributed by atoms with E-state index in [0.29, 0.717) is 24.4 Å². The number of amides is 1. The Morgan fingerprint density at radius 3 is 3.14 bits per heavy atom. The molecule has 1 aromatic heterocycles. The molecule has 1 aliphatic heterocycles. The van der Waals surface area contributed by atoms with Crippen LogP contribution < -0.4 is 10.1 Å². The highest BCUT2D eigenvalue weighted by Crippen LogP contribution is 2.25. The lowest BCUT2D eigenvalue weighted by Crippen LogP contribution is -2.26. The Labute approximate surface area is 127 Å². The number of rotatable bonds is 5. The third-order valence-corrected chi connectivity index (χ3v) is 3.45. The Hall–Kier alpha value is -2.41. The van der Waals surface area contributed by atoms with Gasteiger partial charge in [-0.15, -0.1) is 0 Å². The number of benzene rings is 1. The SMILES string of the molecule is O=C(NCCc1noc(CO)n1)c1ccc2c(c1)CCCO2. The molecule has 116 valence electrons. The lowest BCUT2D eigenvalue weighted by molar-refractivity contribution is 0.0953. The first-order valence-corrected chi connectivity index (χ1v) is 7.22. The van der Waals surface area contributed by atoms with E-state index in [0.717, 1.165) is 30.8 Å². The van der Waals surface area contributed by atoms with Crippen LogP contribution in [0, 0.1) is 0 Å². The first-order chi connectivity index (χ1) is 10.8. The van der Waals surface area contributed by atoms with Crippen molar-refractivity contribution in [1.29, 1.82) is 0 Å². The van der Waals surface area contributed by atoms with Crippen molar-refractivity contribution in [2.75, 3.05) is 13.2 Å². The maximum absolute atomic E-state index is 12.1. The van der Waals surface area contributed by atoms with Crippen LogP contribution in [-0.4, -0.2) is 34.3 Å². The number of aryl methyl sites for hydroxylation is 1. The van der Waals surface area contributed by atoms with Gasteiger partial charge in [-0.25, -0.2) is 0 Å². The summed E-state index contributed by atoms with van der Waals surface area (Å²) in [5.74, 6) is 1.37. The van der Waals surface area contributed by atoms with Gasteiger partial charge in [-0.1, -0.05) is 5.16 Å². The molecular weight excluding hydrogens is 286 g/mol. The van der Waals surface area contributed by atoms with Crippen LogP contribution in [0.2, 0.25) is 0 Å². The summed E-state index contributed by atoms with van der Waals surface area (Å²) in [6.07, 6.45) is 2.36. The normalized spacial score (nSPS) is 13.3. The van der Waals surface area contributed by atoms with E-state index in [-0.39, 0.29) is 18.4 Å². The Balaban J connectivity index is 1.55. The van der Waals surface area contributed by atoms with Gasteiger partial charge < -0.3 is 19.7 Å². The van der Waals surface area contributed by atoms with Crippen LogP contribution in [-0.2, 0) is 19.4 Å². The van der Waals surface area contributed by atoms with Crippen LogP contribution >= 0.6 is 0 Å². The Morgan fingerprint density at radius 2 is 2.32 bits per heavy atom. The van der Waals surface area contributed by atoms with Crippen LogP contribution in [0.1, 0.15) is 34.1 Å². The van der Waals surface area contributed by atoms with E-state index in [2.05, 4.69) is 15.5 Å². The molecule has 1 aromatic carbocycles. The zero-order valence-corrected chi connectivity index (χ0v) is 12.0. The standard InChI is InChI=1S/C15H17N3O4/c19-9-14-17-13(18-22-14)5-6-16-15(20)11-3-4-12-10(8-11)2-1-7-21-12/h3-4,8,19H,1-2,5-7,9H2,(H,16,20). The molecule has 1 amide bonds. The summed E-state index contributed by atoms with van der Waals surface area (Å²) in [5.41, 5.74) is 1.69. The highest BCUT2D eigenvalue weighted by molar-refractivity contribution is 5.94. The van der Waals surface area contributed by atoms with Crippen LogP contribution in [0.5, 0.6) is 5.75 Å². The van der Waals surface area contributed by atoms with E-state index in [9.17, 15) is 4.79 Å². The molecule has 0 unspecified atom stereocenters. The molecule has 22 heavy (non-hydrogen) atoms. The van der Waals surface area contributed by atoms with Gasteiger partial charge in [0, 0.05) is 18.5 Å². The molecule has 0 aliphatic carbocycles. The minimum Gasteiger partial charge on any atom is -0.493 e. The van der Waals surface area contributed by atoms with Crippen LogP contribution in [0.25, 0.3) is 0 Å². The van der Waals surface area contributed by atoms with Gasteiger partial charge in [0.1, 0.15) is 12.4 Å². The molecule has 0 radical (unpaired) electrons. The summed E-state index contributed by atoms with van der Waals surface area (Å²) in [4.78, 5) is 16.1. The molecule has 2 heterocycles. The number of aromatic nitrogens is 2. The van der Waals surface area contributed by atoms with Crippen molar-refractivity contribution in [2.45, 2.75) is 25.9 Å². The summed E-state index contributed by atoms with van der Waals surface area (Å²) in [6, 6.07) is 5.48. The topological polar surface area (TPSA) is 97.5 Å². The largest absolute Gasteiger partial charge is 0.493 e. The van der Waals surface area contributed by atoms with Gasteiger partial charge in [-0.3, -0.25) is 4.79 Å². The summed E-state index contributed by atoms with van der Waals surface area (Å²) < 4.78 is 10.3. The van der Waals surface area contributed by atoms with E-state index in [1.165, 1.54) is 0 Å². The van der Waals surface area contributed by atoms with Crippen molar-refractivity contribution in [3.8, 4) is 5.75 Å². The fraction of sp³-hybridized carbons (Fsp3) is 0.400. The van der Waals surface area contributed by atoms with Gasteiger partial charge in [0.25, 0.3) is 11.8 Å². The molecule has 7 nitrogen and oxygen atoms in total. The van der Waals surface area contributed by atoms with Crippen molar-refractivity contribution in [3.63, 3.8) is 0 Å². The number of hydrogen-bond donors (Lipinski definition) is 2.